The van der Waals surface area contributed by atoms with Crippen LogP contribution in [0.1, 0.15) is 25.2 Å². The number of hydrogen-bond acceptors (Lipinski definition) is 5. The summed E-state index contributed by atoms with van der Waals surface area (Å²) in [5.41, 5.74) is 2.02. The summed E-state index contributed by atoms with van der Waals surface area (Å²) in [6.45, 7) is 4.70. The monoisotopic (exact) mass is 410 g/mol. The minimum absolute atomic E-state index is 0.131. The van der Waals surface area contributed by atoms with Crippen molar-refractivity contribution in [1.29, 1.82) is 5.26 Å². The maximum absolute atomic E-state index is 12.8. The highest BCUT2D eigenvalue weighted by atomic mass is 35.5. The number of β-amino-alcohol motifs (C(OH)–C–C–N with tert-alkyl or cyclic N) is 1. The molecule has 1 N–H and O–H groups in total. The summed E-state index contributed by atoms with van der Waals surface area (Å²) in [6.07, 6.45) is 0.586. The van der Waals surface area contributed by atoms with Crippen LogP contribution in [0.3, 0.4) is 0 Å². The number of aliphatic hydroxyl groups is 1. The number of benzene rings is 1. The third-order valence-corrected chi connectivity index (χ3v) is 5.13. The van der Waals surface area contributed by atoms with E-state index >= 15 is 0 Å². The molecule has 148 valence electrons. The van der Waals surface area contributed by atoms with E-state index in [-0.39, 0.29) is 23.3 Å². The number of imide groups is 1. The third kappa shape index (κ3) is 3.88. The van der Waals surface area contributed by atoms with Gasteiger partial charge in [0, 0.05) is 16.2 Å². The standard InChI is InChI=1S/C22H19ClN2O4/c1-12(26)11-25-21(27)17(13(2)18(10-24)22(25)28)9-15-7-8-20(29-15)16-5-4-6-19(23)14(16)3/h4-9,12,26H,11H2,1-3H3/b17-9+. The predicted molar refractivity (Wildman–Crippen MR) is 109 cm³/mol. The molecule has 0 spiro atoms. The van der Waals surface area contributed by atoms with Gasteiger partial charge in [0.05, 0.1) is 12.6 Å². The Balaban J connectivity index is 2.05. The van der Waals surface area contributed by atoms with Crippen molar-refractivity contribution < 1.29 is 19.1 Å². The van der Waals surface area contributed by atoms with Crippen molar-refractivity contribution in [2.45, 2.75) is 26.9 Å². The number of furan rings is 1. The van der Waals surface area contributed by atoms with Gasteiger partial charge in [-0.15, -0.1) is 0 Å². The van der Waals surface area contributed by atoms with Gasteiger partial charge in [0.2, 0.25) is 0 Å². The molecule has 1 aromatic carbocycles. The van der Waals surface area contributed by atoms with Crippen LogP contribution in [0.2, 0.25) is 5.02 Å². The number of halogens is 1. The minimum atomic E-state index is -0.913. The van der Waals surface area contributed by atoms with E-state index < -0.39 is 17.9 Å². The van der Waals surface area contributed by atoms with Gasteiger partial charge in [-0.2, -0.15) is 5.26 Å². The molecule has 0 fully saturated rings. The zero-order valence-corrected chi connectivity index (χ0v) is 16.9. The molecule has 7 heteroatoms. The molecule has 0 saturated carbocycles. The third-order valence-electron chi connectivity index (χ3n) is 4.72. The van der Waals surface area contributed by atoms with Crippen LogP contribution < -0.4 is 0 Å². The Labute approximate surface area is 173 Å². The highest BCUT2D eigenvalue weighted by Crippen LogP contribution is 2.32. The summed E-state index contributed by atoms with van der Waals surface area (Å²) >= 11 is 6.17. The number of carbonyl (C=O) groups excluding carboxylic acids is 2. The summed E-state index contributed by atoms with van der Waals surface area (Å²) in [7, 11) is 0. The van der Waals surface area contributed by atoms with Gasteiger partial charge in [0.1, 0.15) is 23.2 Å². The van der Waals surface area contributed by atoms with E-state index in [1.54, 1.807) is 25.1 Å². The van der Waals surface area contributed by atoms with E-state index in [4.69, 9.17) is 16.0 Å². The summed E-state index contributed by atoms with van der Waals surface area (Å²) in [6, 6.07) is 10.8. The highest BCUT2D eigenvalue weighted by molar-refractivity contribution is 6.31. The van der Waals surface area contributed by atoms with Crippen LogP contribution in [0.4, 0.5) is 0 Å². The first kappa shape index (κ1) is 20.6. The minimum Gasteiger partial charge on any atom is -0.457 e. The molecular formula is C22H19ClN2O4. The average Bonchev–Trinajstić information content (AvgIpc) is 3.13. The Morgan fingerprint density at radius 1 is 1.24 bits per heavy atom. The fraction of sp³-hybridized carbons (Fsp3) is 0.227. The summed E-state index contributed by atoms with van der Waals surface area (Å²) in [4.78, 5) is 26.1. The van der Waals surface area contributed by atoms with Crippen LogP contribution in [0.25, 0.3) is 17.4 Å². The molecule has 2 heterocycles. The van der Waals surface area contributed by atoms with Crippen molar-refractivity contribution in [3.8, 4) is 17.4 Å². The molecule has 1 atom stereocenters. The molecule has 6 nitrogen and oxygen atoms in total. The summed E-state index contributed by atoms with van der Waals surface area (Å²) in [5.74, 6) is -0.308. The van der Waals surface area contributed by atoms with Crippen molar-refractivity contribution in [2.24, 2.45) is 0 Å². The number of rotatable bonds is 4. The fourth-order valence-corrected chi connectivity index (χ4v) is 3.33. The lowest BCUT2D eigenvalue weighted by atomic mass is 9.94. The number of nitrogens with zero attached hydrogens (tertiary/aromatic N) is 2. The van der Waals surface area contributed by atoms with Gasteiger partial charge in [0.15, 0.2) is 0 Å². The van der Waals surface area contributed by atoms with Crippen LogP contribution in [-0.2, 0) is 9.59 Å². The molecule has 1 aliphatic rings. The topological polar surface area (TPSA) is 94.5 Å². The quantitative estimate of drug-likeness (QED) is 0.609. The van der Waals surface area contributed by atoms with Crippen molar-refractivity contribution in [1.82, 2.24) is 4.90 Å². The van der Waals surface area contributed by atoms with Gasteiger partial charge in [-0.25, -0.2) is 0 Å². The molecule has 0 aliphatic carbocycles. The Hall–Kier alpha value is -3.14. The van der Waals surface area contributed by atoms with Crippen molar-refractivity contribution in [3.05, 3.63) is 63.4 Å². The zero-order chi connectivity index (χ0) is 21.3. The number of carbonyl (C=O) groups is 2. The molecule has 1 unspecified atom stereocenters. The van der Waals surface area contributed by atoms with Gasteiger partial charge < -0.3 is 9.52 Å². The maximum atomic E-state index is 12.8. The average molecular weight is 411 g/mol. The van der Waals surface area contributed by atoms with Crippen LogP contribution in [0, 0.1) is 18.3 Å². The summed E-state index contributed by atoms with van der Waals surface area (Å²) < 4.78 is 5.87. The molecule has 0 bridgehead atoms. The zero-order valence-electron chi connectivity index (χ0n) is 16.2. The van der Waals surface area contributed by atoms with Crippen LogP contribution in [0.5, 0.6) is 0 Å². The van der Waals surface area contributed by atoms with E-state index in [1.807, 2.05) is 25.1 Å². The number of aliphatic hydroxyl groups excluding tert-OH is 1. The van der Waals surface area contributed by atoms with E-state index in [0.29, 0.717) is 16.5 Å². The number of amides is 2. The van der Waals surface area contributed by atoms with Gasteiger partial charge in [-0.05, 0) is 56.2 Å². The van der Waals surface area contributed by atoms with Gasteiger partial charge in [-0.3, -0.25) is 14.5 Å². The smallest absolute Gasteiger partial charge is 0.271 e. The lowest BCUT2D eigenvalue weighted by Gasteiger charge is -2.28. The predicted octanol–water partition coefficient (Wildman–Crippen LogP) is 3.88. The molecule has 0 saturated heterocycles. The maximum Gasteiger partial charge on any atom is 0.271 e. The Morgan fingerprint density at radius 2 is 1.97 bits per heavy atom. The summed E-state index contributed by atoms with van der Waals surface area (Å²) in [5, 5.41) is 19.6. The van der Waals surface area contributed by atoms with E-state index in [1.165, 1.54) is 13.0 Å². The Kier molecular flexibility index (Phi) is 5.73. The van der Waals surface area contributed by atoms with Crippen molar-refractivity contribution >= 4 is 29.5 Å². The lowest BCUT2D eigenvalue weighted by molar-refractivity contribution is -0.141. The van der Waals surface area contributed by atoms with E-state index in [9.17, 15) is 20.0 Å². The van der Waals surface area contributed by atoms with Crippen LogP contribution >= 0.6 is 11.6 Å². The SMILES string of the molecule is CC1=C(C#N)C(=O)N(CC(C)O)C(=O)/C1=C/c1ccc(-c2cccc(Cl)c2C)o1. The highest BCUT2D eigenvalue weighted by Gasteiger charge is 2.36. The number of hydrogen-bond donors (Lipinski definition) is 1. The van der Waals surface area contributed by atoms with Crippen LogP contribution in [-0.4, -0.2) is 34.5 Å². The molecule has 2 aromatic rings. The second kappa shape index (κ2) is 8.08. The van der Waals surface area contributed by atoms with E-state index in [2.05, 4.69) is 0 Å². The Morgan fingerprint density at radius 3 is 2.62 bits per heavy atom. The normalized spacial score (nSPS) is 17.1. The first-order valence-electron chi connectivity index (χ1n) is 8.97. The van der Waals surface area contributed by atoms with Gasteiger partial charge in [0.25, 0.3) is 11.8 Å². The molecule has 2 amide bonds. The first-order chi connectivity index (χ1) is 13.7. The molecule has 1 aromatic heterocycles. The molecule has 3 rings (SSSR count). The lowest BCUT2D eigenvalue weighted by Crippen LogP contribution is -2.45. The molecule has 29 heavy (non-hydrogen) atoms. The number of nitriles is 1. The molecule has 0 radical (unpaired) electrons. The first-order valence-corrected chi connectivity index (χ1v) is 9.35. The largest absolute Gasteiger partial charge is 0.457 e. The van der Waals surface area contributed by atoms with Crippen LogP contribution in [0.15, 0.2) is 51.5 Å². The fourth-order valence-electron chi connectivity index (χ4n) is 3.15. The van der Waals surface area contributed by atoms with Gasteiger partial charge >= 0.3 is 0 Å². The second-order valence-electron chi connectivity index (χ2n) is 6.85. The van der Waals surface area contributed by atoms with E-state index in [0.717, 1.165) is 16.0 Å². The molecule has 1 aliphatic heterocycles. The Bertz CT molecular complexity index is 1100. The van der Waals surface area contributed by atoms with Gasteiger partial charge in [-0.1, -0.05) is 23.7 Å². The van der Waals surface area contributed by atoms with Crippen molar-refractivity contribution in [3.63, 3.8) is 0 Å². The van der Waals surface area contributed by atoms with Crippen molar-refractivity contribution in [2.75, 3.05) is 6.54 Å². The molecular weight excluding hydrogens is 392 g/mol. The second-order valence-corrected chi connectivity index (χ2v) is 7.26.